The fourth-order valence-electron chi connectivity index (χ4n) is 3.78. The van der Waals surface area contributed by atoms with Crippen molar-refractivity contribution in [1.29, 1.82) is 0 Å². The summed E-state index contributed by atoms with van der Waals surface area (Å²) >= 11 is 0. The smallest absolute Gasteiger partial charge is 0.266 e. The number of Topliss-reactive ketones (excluding diaryl/α,β-unsaturated/α-hetero) is 1. The second kappa shape index (κ2) is 5.81. The number of ketones is 1. The molecule has 0 radical (unpaired) electrons. The molecule has 2 aromatic carbocycles. The van der Waals surface area contributed by atoms with Crippen LogP contribution < -0.4 is 4.90 Å². The molecule has 1 aliphatic heterocycles. The molecule has 4 nitrogen and oxygen atoms in total. The van der Waals surface area contributed by atoms with Crippen LogP contribution in [0.1, 0.15) is 31.2 Å². The molecule has 1 saturated heterocycles. The van der Waals surface area contributed by atoms with Crippen molar-refractivity contribution in [3.8, 4) is 0 Å². The molecule has 4 rings (SSSR count). The monoisotopic (exact) mass is 335 g/mol. The lowest BCUT2D eigenvalue weighted by atomic mass is 9.84. The van der Waals surface area contributed by atoms with E-state index >= 15 is 0 Å². The van der Waals surface area contributed by atoms with Crippen molar-refractivity contribution in [2.45, 2.75) is 36.7 Å². The van der Waals surface area contributed by atoms with E-state index in [9.17, 15) is 14.7 Å². The Labute approximate surface area is 147 Å². The predicted octanol–water partition coefficient (Wildman–Crippen LogP) is 2.85. The lowest BCUT2D eigenvalue weighted by Gasteiger charge is -2.24. The zero-order valence-electron chi connectivity index (χ0n) is 14.0. The van der Waals surface area contributed by atoms with E-state index in [1.807, 2.05) is 60.7 Å². The standard InChI is InChI=1S/C21H21NO3/c23-18(15-20(11-12-20)16-7-3-1-4-8-16)21(25)13-14-22(19(21)24)17-9-5-2-6-10-17/h1-10,25H,11-15H2/t21-/m0/s1. The molecule has 0 spiro atoms. The van der Waals surface area contributed by atoms with Crippen molar-refractivity contribution in [3.05, 3.63) is 66.2 Å². The molecule has 1 aliphatic carbocycles. The van der Waals surface area contributed by atoms with Gasteiger partial charge in [-0.15, -0.1) is 0 Å². The minimum absolute atomic E-state index is 0.157. The molecule has 2 aromatic rings. The summed E-state index contributed by atoms with van der Waals surface area (Å²) in [5.41, 5.74) is -0.243. The SMILES string of the molecule is O=C(CC1(c2ccccc2)CC1)[C@@]1(O)CCN(c2ccccc2)C1=O. The Morgan fingerprint density at radius 3 is 2.16 bits per heavy atom. The van der Waals surface area contributed by atoms with E-state index in [1.165, 1.54) is 4.90 Å². The first-order valence-electron chi connectivity index (χ1n) is 8.73. The van der Waals surface area contributed by atoms with Crippen LogP contribution in [-0.2, 0) is 15.0 Å². The summed E-state index contributed by atoms with van der Waals surface area (Å²) in [5, 5.41) is 10.9. The maximum absolute atomic E-state index is 12.9. The molecule has 4 heteroatoms. The largest absolute Gasteiger partial charge is 0.373 e. The highest BCUT2D eigenvalue weighted by molar-refractivity contribution is 6.17. The Kier molecular flexibility index (Phi) is 3.73. The second-order valence-electron chi connectivity index (χ2n) is 7.15. The molecule has 1 atom stereocenters. The quantitative estimate of drug-likeness (QED) is 0.855. The normalized spacial score (nSPS) is 24.4. The number of rotatable bonds is 5. The van der Waals surface area contributed by atoms with Crippen LogP contribution in [0, 0.1) is 0 Å². The van der Waals surface area contributed by atoms with Gasteiger partial charge in [0.25, 0.3) is 5.91 Å². The number of benzene rings is 2. The average Bonchev–Trinajstić information content (AvgIpc) is 3.37. The van der Waals surface area contributed by atoms with Crippen LogP contribution in [0.2, 0.25) is 0 Å². The van der Waals surface area contributed by atoms with E-state index in [-0.39, 0.29) is 24.0 Å². The van der Waals surface area contributed by atoms with Gasteiger partial charge in [0, 0.05) is 30.5 Å². The van der Waals surface area contributed by atoms with Gasteiger partial charge in [0.2, 0.25) is 5.60 Å². The fraction of sp³-hybridized carbons (Fsp3) is 0.333. The fourth-order valence-corrected chi connectivity index (χ4v) is 3.78. The number of nitrogens with zero attached hydrogens (tertiary/aromatic N) is 1. The molecule has 1 N–H and O–H groups in total. The van der Waals surface area contributed by atoms with Crippen LogP contribution >= 0.6 is 0 Å². The summed E-state index contributed by atoms with van der Waals surface area (Å²) in [6.07, 6.45) is 2.23. The molecule has 1 amide bonds. The third kappa shape index (κ3) is 2.67. The number of hydrogen-bond donors (Lipinski definition) is 1. The molecular weight excluding hydrogens is 314 g/mol. The van der Waals surface area contributed by atoms with Gasteiger partial charge in [0.15, 0.2) is 5.78 Å². The van der Waals surface area contributed by atoms with Gasteiger partial charge in [-0.3, -0.25) is 9.59 Å². The number of aliphatic hydroxyl groups is 1. The lowest BCUT2D eigenvalue weighted by molar-refractivity contribution is -0.148. The van der Waals surface area contributed by atoms with Gasteiger partial charge in [-0.05, 0) is 30.5 Å². The Hall–Kier alpha value is -2.46. The summed E-state index contributed by atoms with van der Waals surface area (Å²) in [5.74, 6) is -0.843. The Balaban J connectivity index is 1.54. The maximum atomic E-state index is 12.9. The average molecular weight is 335 g/mol. The van der Waals surface area contributed by atoms with E-state index in [2.05, 4.69) is 0 Å². The number of carbonyl (C=O) groups excluding carboxylic acids is 2. The van der Waals surface area contributed by atoms with E-state index in [0.717, 1.165) is 24.1 Å². The van der Waals surface area contributed by atoms with Crippen LogP contribution in [0.5, 0.6) is 0 Å². The van der Waals surface area contributed by atoms with Crippen LogP contribution in [0.25, 0.3) is 0 Å². The van der Waals surface area contributed by atoms with E-state index in [0.29, 0.717) is 6.54 Å². The first-order chi connectivity index (χ1) is 12.1. The van der Waals surface area contributed by atoms with Crippen molar-refractivity contribution in [2.24, 2.45) is 0 Å². The van der Waals surface area contributed by atoms with Crippen molar-refractivity contribution in [3.63, 3.8) is 0 Å². The summed E-state index contributed by atoms with van der Waals surface area (Å²) in [6.45, 7) is 0.365. The third-order valence-electron chi connectivity index (χ3n) is 5.56. The molecule has 25 heavy (non-hydrogen) atoms. The van der Waals surface area contributed by atoms with Crippen LogP contribution in [0.15, 0.2) is 60.7 Å². The topological polar surface area (TPSA) is 57.6 Å². The molecule has 0 bridgehead atoms. The molecule has 0 aromatic heterocycles. The third-order valence-corrected chi connectivity index (χ3v) is 5.56. The van der Waals surface area contributed by atoms with Gasteiger partial charge < -0.3 is 10.0 Å². The molecule has 2 aliphatic rings. The molecule has 2 fully saturated rings. The number of anilines is 1. The van der Waals surface area contributed by atoms with Gasteiger partial charge in [-0.2, -0.15) is 0 Å². The van der Waals surface area contributed by atoms with E-state index in [1.54, 1.807) is 0 Å². The number of hydrogen-bond acceptors (Lipinski definition) is 3. The molecule has 1 heterocycles. The summed E-state index contributed by atoms with van der Waals surface area (Å²) in [7, 11) is 0. The highest BCUT2D eigenvalue weighted by atomic mass is 16.3. The van der Waals surface area contributed by atoms with Gasteiger partial charge in [-0.1, -0.05) is 48.5 Å². The molecule has 128 valence electrons. The van der Waals surface area contributed by atoms with Crippen LogP contribution in [-0.4, -0.2) is 28.9 Å². The molecule has 1 saturated carbocycles. The summed E-state index contributed by atoms with van der Waals surface area (Å²) in [4.78, 5) is 27.2. The van der Waals surface area contributed by atoms with Gasteiger partial charge in [0.1, 0.15) is 0 Å². The zero-order chi connectivity index (χ0) is 17.5. The lowest BCUT2D eigenvalue weighted by Crippen LogP contribution is -2.47. The highest BCUT2D eigenvalue weighted by Gasteiger charge is 2.55. The van der Waals surface area contributed by atoms with Crippen molar-refractivity contribution >= 4 is 17.4 Å². The van der Waals surface area contributed by atoms with Gasteiger partial charge >= 0.3 is 0 Å². The first kappa shape index (κ1) is 16.0. The summed E-state index contributed by atoms with van der Waals surface area (Å²) < 4.78 is 0. The zero-order valence-corrected chi connectivity index (χ0v) is 14.0. The summed E-state index contributed by atoms with van der Waals surface area (Å²) in [6, 6.07) is 19.1. The number of para-hydroxylation sites is 1. The van der Waals surface area contributed by atoms with Crippen molar-refractivity contribution < 1.29 is 14.7 Å². The van der Waals surface area contributed by atoms with Gasteiger partial charge in [-0.25, -0.2) is 0 Å². The van der Waals surface area contributed by atoms with E-state index in [4.69, 9.17) is 0 Å². The molecular formula is C21H21NO3. The van der Waals surface area contributed by atoms with Crippen molar-refractivity contribution in [1.82, 2.24) is 0 Å². The molecule has 0 unspecified atom stereocenters. The first-order valence-corrected chi connectivity index (χ1v) is 8.73. The van der Waals surface area contributed by atoms with Crippen LogP contribution in [0.4, 0.5) is 5.69 Å². The number of carbonyl (C=O) groups is 2. The highest BCUT2D eigenvalue weighted by Crippen LogP contribution is 2.52. The van der Waals surface area contributed by atoms with E-state index < -0.39 is 11.5 Å². The predicted molar refractivity (Wildman–Crippen MR) is 95.3 cm³/mol. The Morgan fingerprint density at radius 1 is 0.960 bits per heavy atom. The maximum Gasteiger partial charge on any atom is 0.266 e. The second-order valence-corrected chi connectivity index (χ2v) is 7.15. The number of amides is 1. The Bertz CT molecular complexity index is 798. The van der Waals surface area contributed by atoms with Crippen LogP contribution in [0.3, 0.4) is 0 Å². The van der Waals surface area contributed by atoms with Gasteiger partial charge in [0.05, 0.1) is 0 Å². The van der Waals surface area contributed by atoms with Crippen molar-refractivity contribution in [2.75, 3.05) is 11.4 Å². The minimum Gasteiger partial charge on any atom is -0.373 e. The Morgan fingerprint density at radius 2 is 1.56 bits per heavy atom. The minimum atomic E-state index is -1.89.